The number of nitrogens with zero attached hydrogens (tertiary/aromatic N) is 2. The summed E-state index contributed by atoms with van der Waals surface area (Å²) in [6.07, 6.45) is 2.54. The van der Waals surface area contributed by atoms with E-state index in [0.717, 1.165) is 5.56 Å². The van der Waals surface area contributed by atoms with Crippen molar-refractivity contribution in [1.82, 2.24) is 14.5 Å². The summed E-state index contributed by atoms with van der Waals surface area (Å²) in [5.41, 5.74) is 1.71. The number of ether oxygens (including phenoxy) is 2. The van der Waals surface area contributed by atoms with E-state index in [-0.39, 0.29) is 11.5 Å². The minimum absolute atomic E-state index is 0.00168. The monoisotopic (exact) mass is 353 g/mol. The van der Waals surface area contributed by atoms with Gasteiger partial charge in [0.25, 0.3) is 0 Å². The van der Waals surface area contributed by atoms with Crippen molar-refractivity contribution in [2.75, 3.05) is 13.7 Å². The van der Waals surface area contributed by atoms with E-state index >= 15 is 0 Å². The largest absolute Gasteiger partial charge is 0.496 e. The molecule has 130 valence electrons. The third-order valence-electron chi connectivity index (χ3n) is 3.22. The van der Waals surface area contributed by atoms with E-state index in [1.807, 2.05) is 19.1 Å². The number of sulfonamides is 1. The lowest BCUT2D eigenvalue weighted by atomic mass is 10.1. The van der Waals surface area contributed by atoms with Gasteiger partial charge in [0.15, 0.2) is 0 Å². The van der Waals surface area contributed by atoms with E-state index in [2.05, 4.69) is 9.82 Å². The molecular weight excluding hydrogens is 334 g/mol. The third-order valence-corrected chi connectivity index (χ3v) is 4.58. The summed E-state index contributed by atoms with van der Waals surface area (Å²) in [6, 6.07) is 5.50. The van der Waals surface area contributed by atoms with Gasteiger partial charge in [-0.1, -0.05) is 11.6 Å². The standard InChI is InChI=1S/C15H19N3O5S/c1-11-4-5-14(22-3)12(6-11)10-23-15(19)8-17-24(20,21)13-7-16-18(2)9-13/h4-7,9,17H,8,10H2,1-3H3. The Morgan fingerprint density at radius 3 is 2.75 bits per heavy atom. The van der Waals surface area contributed by atoms with Crippen LogP contribution >= 0.6 is 0 Å². The molecule has 1 heterocycles. The van der Waals surface area contributed by atoms with Crippen LogP contribution in [-0.4, -0.2) is 37.8 Å². The number of aromatic nitrogens is 2. The summed E-state index contributed by atoms with van der Waals surface area (Å²) in [7, 11) is -0.670. The third kappa shape index (κ3) is 4.56. The molecule has 0 aliphatic heterocycles. The van der Waals surface area contributed by atoms with E-state index in [9.17, 15) is 13.2 Å². The van der Waals surface area contributed by atoms with Crippen LogP contribution in [-0.2, 0) is 33.2 Å². The first-order valence-corrected chi connectivity index (χ1v) is 8.57. The van der Waals surface area contributed by atoms with E-state index in [4.69, 9.17) is 9.47 Å². The molecule has 1 N–H and O–H groups in total. The summed E-state index contributed by atoms with van der Waals surface area (Å²) >= 11 is 0. The fourth-order valence-corrected chi connectivity index (χ4v) is 2.96. The average molecular weight is 353 g/mol. The normalized spacial score (nSPS) is 11.3. The molecule has 0 unspecified atom stereocenters. The zero-order chi connectivity index (χ0) is 17.7. The molecule has 1 aromatic carbocycles. The van der Waals surface area contributed by atoms with Crippen molar-refractivity contribution in [3.63, 3.8) is 0 Å². The maximum atomic E-state index is 12.0. The molecule has 9 heteroatoms. The molecule has 0 radical (unpaired) electrons. The van der Waals surface area contributed by atoms with Gasteiger partial charge in [-0.25, -0.2) is 8.42 Å². The molecule has 0 saturated carbocycles. The van der Waals surface area contributed by atoms with Gasteiger partial charge in [0.1, 0.15) is 23.8 Å². The van der Waals surface area contributed by atoms with Crippen LogP contribution in [0, 0.1) is 6.92 Å². The molecule has 0 fully saturated rings. The average Bonchev–Trinajstić information content (AvgIpc) is 2.98. The maximum absolute atomic E-state index is 12.0. The zero-order valence-electron chi connectivity index (χ0n) is 13.6. The van der Waals surface area contributed by atoms with Crippen molar-refractivity contribution in [1.29, 1.82) is 0 Å². The fraction of sp³-hybridized carbons (Fsp3) is 0.333. The number of benzene rings is 1. The van der Waals surface area contributed by atoms with Crippen LogP contribution in [0.2, 0.25) is 0 Å². The molecule has 0 aliphatic rings. The fourth-order valence-electron chi connectivity index (χ4n) is 2.00. The summed E-state index contributed by atoms with van der Waals surface area (Å²) in [6.45, 7) is 1.44. The molecule has 8 nitrogen and oxygen atoms in total. The molecule has 0 aliphatic carbocycles. The van der Waals surface area contributed by atoms with Crippen LogP contribution in [0.5, 0.6) is 5.75 Å². The number of carbonyl (C=O) groups excluding carboxylic acids is 1. The lowest BCUT2D eigenvalue weighted by molar-refractivity contribution is -0.143. The van der Waals surface area contributed by atoms with Crippen molar-refractivity contribution in [3.05, 3.63) is 41.7 Å². The number of rotatable bonds is 7. The highest BCUT2D eigenvalue weighted by molar-refractivity contribution is 7.89. The van der Waals surface area contributed by atoms with E-state index in [0.29, 0.717) is 11.3 Å². The lowest BCUT2D eigenvalue weighted by Gasteiger charge is -2.10. The number of hydrogen-bond donors (Lipinski definition) is 1. The molecule has 0 amide bonds. The van der Waals surface area contributed by atoms with Crippen LogP contribution in [0.3, 0.4) is 0 Å². The zero-order valence-corrected chi connectivity index (χ0v) is 14.5. The maximum Gasteiger partial charge on any atom is 0.321 e. The number of hydrogen-bond acceptors (Lipinski definition) is 6. The Hall–Kier alpha value is -2.39. The van der Waals surface area contributed by atoms with Gasteiger partial charge in [0.2, 0.25) is 10.0 Å². The highest BCUT2D eigenvalue weighted by Gasteiger charge is 2.18. The van der Waals surface area contributed by atoms with Crippen LogP contribution < -0.4 is 9.46 Å². The van der Waals surface area contributed by atoms with Crippen molar-refractivity contribution in [2.24, 2.45) is 7.05 Å². The van der Waals surface area contributed by atoms with E-state index < -0.39 is 22.5 Å². The topological polar surface area (TPSA) is 99.5 Å². The van der Waals surface area contributed by atoms with Crippen molar-refractivity contribution >= 4 is 16.0 Å². The number of aryl methyl sites for hydroxylation is 2. The van der Waals surface area contributed by atoms with Gasteiger partial charge in [-0.05, 0) is 19.1 Å². The summed E-state index contributed by atoms with van der Waals surface area (Å²) in [4.78, 5) is 11.8. The molecule has 0 atom stereocenters. The molecule has 2 aromatic rings. The van der Waals surface area contributed by atoms with Gasteiger partial charge in [-0.2, -0.15) is 9.82 Å². The quantitative estimate of drug-likeness (QED) is 0.738. The first-order valence-electron chi connectivity index (χ1n) is 7.09. The molecule has 1 aromatic heterocycles. The van der Waals surface area contributed by atoms with Crippen LogP contribution in [0.15, 0.2) is 35.5 Å². The van der Waals surface area contributed by atoms with Gasteiger partial charge >= 0.3 is 5.97 Å². The van der Waals surface area contributed by atoms with Gasteiger partial charge in [-0.15, -0.1) is 0 Å². The minimum Gasteiger partial charge on any atom is -0.496 e. The van der Waals surface area contributed by atoms with Crippen LogP contribution in [0.4, 0.5) is 0 Å². The van der Waals surface area contributed by atoms with Crippen molar-refractivity contribution < 1.29 is 22.7 Å². The number of carbonyl (C=O) groups is 1. The molecule has 0 saturated heterocycles. The van der Waals surface area contributed by atoms with Crippen LogP contribution in [0.25, 0.3) is 0 Å². The molecular formula is C15H19N3O5S. The van der Waals surface area contributed by atoms with Crippen LogP contribution in [0.1, 0.15) is 11.1 Å². The van der Waals surface area contributed by atoms with Crippen molar-refractivity contribution in [3.8, 4) is 5.75 Å². The highest BCUT2D eigenvalue weighted by Crippen LogP contribution is 2.20. The Morgan fingerprint density at radius 2 is 2.12 bits per heavy atom. The summed E-state index contributed by atoms with van der Waals surface area (Å²) < 4.78 is 37.8. The van der Waals surface area contributed by atoms with Gasteiger partial charge < -0.3 is 9.47 Å². The highest BCUT2D eigenvalue weighted by atomic mass is 32.2. The van der Waals surface area contributed by atoms with Gasteiger partial charge in [0.05, 0.1) is 13.3 Å². The van der Waals surface area contributed by atoms with Gasteiger partial charge in [0, 0.05) is 18.8 Å². The minimum atomic E-state index is -3.80. The SMILES string of the molecule is COc1ccc(C)cc1COC(=O)CNS(=O)(=O)c1cnn(C)c1. The molecule has 0 bridgehead atoms. The Balaban J connectivity index is 1.91. The van der Waals surface area contributed by atoms with E-state index in [1.54, 1.807) is 13.1 Å². The second kappa shape index (κ2) is 7.45. The van der Waals surface area contributed by atoms with E-state index in [1.165, 1.54) is 24.2 Å². The number of methoxy groups -OCH3 is 1. The Bertz CT molecular complexity index is 829. The second-order valence-corrected chi connectivity index (χ2v) is 6.92. The summed E-state index contributed by atoms with van der Waals surface area (Å²) in [5, 5.41) is 3.78. The van der Waals surface area contributed by atoms with Crippen molar-refractivity contribution in [2.45, 2.75) is 18.4 Å². The Morgan fingerprint density at radius 1 is 1.38 bits per heavy atom. The first-order chi connectivity index (χ1) is 11.3. The molecule has 24 heavy (non-hydrogen) atoms. The predicted octanol–water partition coefficient (Wildman–Crippen LogP) is 0.759. The first kappa shape index (κ1) is 18.0. The molecule has 0 spiro atoms. The summed E-state index contributed by atoms with van der Waals surface area (Å²) in [5.74, 6) is -0.0876. The number of nitrogens with one attached hydrogen (secondary N) is 1. The lowest BCUT2D eigenvalue weighted by Crippen LogP contribution is -2.30. The number of esters is 1. The predicted molar refractivity (Wildman–Crippen MR) is 85.9 cm³/mol. The second-order valence-electron chi connectivity index (χ2n) is 5.15. The Kier molecular flexibility index (Phi) is 5.58. The molecule has 2 rings (SSSR count). The van der Waals surface area contributed by atoms with Gasteiger partial charge in [-0.3, -0.25) is 9.48 Å². The Labute approximate surface area is 140 Å². The smallest absolute Gasteiger partial charge is 0.321 e.